The monoisotopic (exact) mass is 279 g/mol. The molecule has 0 aliphatic carbocycles. The van der Waals surface area contributed by atoms with Gasteiger partial charge >= 0.3 is 0 Å². The van der Waals surface area contributed by atoms with Crippen LogP contribution in [-0.2, 0) is 16.1 Å². The number of carbonyl (C=O) groups is 2. The summed E-state index contributed by atoms with van der Waals surface area (Å²) < 4.78 is 5.64. The molecule has 0 saturated carbocycles. The first-order chi connectivity index (χ1) is 9.47. The van der Waals surface area contributed by atoms with E-state index in [1.165, 1.54) is 0 Å². The Labute approximate surface area is 118 Å². The van der Waals surface area contributed by atoms with Gasteiger partial charge in [0.15, 0.2) is 5.89 Å². The molecule has 20 heavy (non-hydrogen) atoms. The van der Waals surface area contributed by atoms with Crippen LogP contribution in [0.4, 0.5) is 0 Å². The fraction of sp³-hybridized carbons (Fsp3) is 0.643. The predicted molar refractivity (Wildman–Crippen MR) is 72.9 cm³/mol. The van der Waals surface area contributed by atoms with Crippen molar-refractivity contribution in [3.05, 3.63) is 17.3 Å². The van der Waals surface area contributed by atoms with Crippen LogP contribution in [0.5, 0.6) is 0 Å². The lowest BCUT2D eigenvalue weighted by atomic mass is 9.98. The Balaban J connectivity index is 1.88. The molecule has 1 fully saturated rings. The van der Waals surface area contributed by atoms with E-state index < -0.39 is 0 Å². The summed E-state index contributed by atoms with van der Waals surface area (Å²) >= 11 is 0. The average molecular weight is 279 g/mol. The van der Waals surface area contributed by atoms with Crippen LogP contribution < -0.4 is 10.6 Å². The van der Waals surface area contributed by atoms with E-state index in [0.29, 0.717) is 37.6 Å². The zero-order chi connectivity index (χ0) is 14.7. The number of amides is 2. The first-order valence-corrected chi connectivity index (χ1v) is 6.98. The number of hydrogen-bond donors (Lipinski definition) is 2. The molecule has 1 atom stereocenters. The van der Waals surface area contributed by atoms with Crippen molar-refractivity contribution in [2.45, 2.75) is 46.1 Å². The lowest BCUT2D eigenvalue weighted by Gasteiger charge is -2.21. The lowest BCUT2D eigenvalue weighted by molar-refractivity contribution is -0.129. The standard InChI is InChI=1S/C14H21N3O3/c1-8(2)14-17-9(3)11(20-14)7-16-13(19)10-4-5-12(18)15-6-10/h8,10H,4-7H2,1-3H3,(H,15,18)(H,16,19). The van der Waals surface area contributed by atoms with Crippen molar-refractivity contribution >= 4 is 11.8 Å². The second-order valence-electron chi connectivity index (χ2n) is 5.47. The van der Waals surface area contributed by atoms with Crippen molar-refractivity contribution in [2.75, 3.05) is 6.54 Å². The van der Waals surface area contributed by atoms with Gasteiger partial charge in [-0.25, -0.2) is 4.98 Å². The Morgan fingerprint density at radius 3 is 2.85 bits per heavy atom. The molecule has 2 amide bonds. The van der Waals surface area contributed by atoms with Crippen molar-refractivity contribution in [3.8, 4) is 0 Å². The highest BCUT2D eigenvalue weighted by Crippen LogP contribution is 2.18. The second kappa shape index (κ2) is 6.07. The third-order valence-electron chi connectivity index (χ3n) is 3.46. The van der Waals surface area contributed by atoms with E-state index in [0.717, 1.165) is 5.69 Å². The Kier molecular flexibility index (Phi) is 4.42. The molecule has 1 aromatic heterocycles. The molecule has 1 saturated heterocycles. The maximum Gasteiger partial charge on any atom is 0.225 e. The summed E-state index contributed by atoms with van der Waals surface area (Å²) in [6.45, 7) is 6.65. The molecule has 6 nitrogen and oxygen atoms in total. The maximum atomic E-state index is 12.0. The van der Waals surface area contributed by atoms with Gasteiger partial charge in [-0.1, -0.05) is 13.8 Å². The first kappa shape index (κ1) is 14.6. The molecule has 1 unspecified atom stereocenters. The molecule has 110 valence electrons. The van der Waals surface area contributed by atoms with E-state index in [1.54, 1.807) is 0 Å². The van der Waals surface area contributed by atoms with Crippen LogP contribution in [0.15, 0.2) is 4.42 Å². The van der Waals surface area contributed by atoms with Gasteiger partial charge in [0.05, 0.1) is 18.2 Å². The van der Waals surface area contributed by atoms with E-state index in [4.69, 9.17) is 4.42 Å². The SMILES string of the molecule is Cc1nc(C(C)C)oc1CNC(=O)C1CCC(=O)NC1. The molecule has 6 heteroatoms. The smallest absolute Gasteiger partial charge is 0.225 e. The van der Waals surface area contributed by atoms with Gasteiger partial charge in [-0.15, -0.1) is 0 Å². The summed E-state index contributed by atoms with van der Waals surface area (Å²) in [7, 11) is 0. The zero-order valence-electron chi connectivity index (χ0n) is 12.2. The Bertz CT molecular complexity index is 498. The van der Waals surface area contributed by atoms with Crippen LogP contribution in [0.1, 0.15) is 50.0 Å². The number of aryl methyl sites for hydroxylation is 1. The van der Waals surface area contributed by atoms with Crippen molar-refractivity contribution in [3.63, 3.8) is 0 Å². The molecule has 1 aliphatic heterocycles. The molecule has 0 radical (unpaired) electrons. The molecular formula is C14H21N3O3. The van der Waals surface area contributed by atoms with Crippen molar-refractivity contribution < 1.29 is 14.0 Å². The average Bonchev–Trinajstić information content (AvgIpc) is 2.78. The number of nitrogens with zero attached hydrogens (tertiary/aromatic N) is 1. The van der Waals surface area contributed by atoms with Gasteiger partial charge < -0.3 is 15.1 Å². The molecular weight excluding hydrogens is 258 g/mol. The van der Waals surface area contributed by atoms with Gasteiger partial charge in [-0.3, -0.25) is 9.59 Å². The Hall–Kier alpha value is -1.85. The van der Waals surface area contributed by atoms with E-state index in [1.807, 2.05) is 20.8 Å². The fourth-order valence-electron chi connectivity index (χ4n) is 2.13. The zero-order valence-corrected chi connectivity index (χ0v) is 12.2. The van der Waals surface area contributed by atoms with Crippen LogP contribution in [0, 0.1) is 12.8 Å². The lowest BCUT2D eigenvalue weighted by Crippen LogP contribution is -2.42. The largest absolute Gasteiger partial charge is 0.443 e. The number of aromatic nitrogens is 1. The number of oxazole rings is 1. The van der Waals surface area contributed by atoms with Gasteiger partial charge in [0.2, 0.25) is 11.8 Å². The summed E-state index contributed by atoms with van der Waals surface area (Å²) in [6.07, 6.45) is 1.02. The third kappa shape index (κ3) is 3.37. The molecule has 2 rings (SSSR count). The summed E-state index contributed by atoms with van der Waals surface area (Å²) in [5.41, 5.74) is 0.811. The number of piperidine rings is 1. The molecule has 1 aliphatic rings. The van der Waals surface area contributed by atoms with Crippen LogP contribution in [0.25, 0.3) is 0 Å². The van der Waals surface area contributed by atoms with E-state index in [2.05, 4.69) is 15.6 Å². The normalized spacial score (nSPS) is 19.0. The van der Waals surface area contributed by atoms with E-state index >= 15 is 0 Å². The summed E-state index contributed by atoms with van der Waals surface area (Å²) in [6, 6.07) is 0. The quantitative estimate of drug-likeness (QED) is 0.868. The van der Waals surface area contributed by atoms with E-state index in [9.17, 15) is 9.59 Å². The number of nitrogens with one attached hydrogen (secondary N) is 2. The highest BCUT2D eigenvalue weighted by atomic mass is 16.4. The third-order valence-corrected chi connectivity index (χ3v) is 3.46. The van der Waals surface area contributed by atoms with Gasteiger partial charge in [0.1, 0.15) is 5.76 Å². The van der Waals surface area contributed by atoms with Crippen LogP contribution >= 0.6 is 0 Å². The van der Waals surface area contributed by atoms with Crippen molar-refractivity contribution in [2.24, 2.45) is 5.92 Å². The first-order valence-electron chi connectivity index (χ1n) is 6.98. The molecule has 0 spiro atoms. The number of rotatable bonds is 4. The minimum Gasteiger partial charge on any atom is -0.443 e. The summed E-state index contributed by atoms with van der Waals surface area (Å²) in [5, 5.41) is 5.56. The Morgan fingerprint density at radius 1 is 1.55 bits per heavy atom. The topological polar surface area (TPSA) is 84.2 Å². The van der Waals surface area contributed by atoms with Crippen LogP contribution in [0.3, 0.4) is 0 Å². The van der Waals surface area contributed by atoms with Gasteiger partial charge in [-0.2, -0.15) is 0 Å². The van der Waals surface area contributed by atoms with Gasteiger partial charge in [0.25, 0.3) is 0 Å². The van der Waals surface area contributed by atoms with Crippen LogP contribution in [-0.4, -0.2) is 23.3 Å². The van der Waals surface area contributed by atoms with Crippen molar-refractivity contribution in [1.29, 1.82) is 0 Å². The van der Waals surface area contributed by atoms with Gasteiger partial charge in [-0.05, 0) is 13.3 Å². The van der Waals surface area contributed by atoms with Crippen molar-refractivity contribution in [1.82, 2.24) is 15.6 Å². The van der Waals surface area contributed by atoms with Gasteiger partial charge in [0, 0.05) is 18.9 Å². The fourth-order valence-corrected chi connectivity index (χ4v) is 2.13. The highest BCUT2D eigenvalue weighted by molar-refractivity contribution is 5.83. The summed E-state index contributed by atoms with van der Waals surface area (Å²) in [4.78, 5) is 27.4. The summed E-state index contributed by atoms with van der Waals surface area (Å²) in [5.74, 6) is 1.43. The van der Waals surface area contributed by atoms with E-state index in [-0.39, 0.29) is 23.7 Å². The highest BCUT2D eigenvalue weighted by Gasteiger charge is 2.24. The number of carbonyl (C=O) groups excluding carboxylic acids is 2. The molecule has 0 aromatic carbocycles. The number of hydrogen-bond acceptors (Lipinski definition) is 4. The molecule has 1 aromatic rings. The predicted octanol–water partition coefficient (Wildman–Crippen LogP) is 1.25. The molecule has 2 N–H and O–H groups in total. The van der Waals surface area contributed by atoms with Crippen LogP contribution in [0.2, 0.25) is 0 Å². The maximum absolute atomic E-state index is 12.0. The minimum atomic E-state index is -0.152. The molecule has 2 heterocycles. The Morgan fingerprint density at radius 2 is 2.30 bits per heavy atom. The molecule has 0 bridgehead atoms. The minimum absolute atomic E-state index is 0.0155. The second-order valence-corrected chi connectivity index (χ2v) is 5.47.